The van der Waals surface area contributed by atoms with E-state index < -0.39 is 17.9 Å². The van der Waals surface area contributed by atoms with Gasteiger partial charge in [0.25, 0.3) is 0 Å². The van der Waals surface area contributed by atoms with Crippen LogP contribution >= 0.6 is 0 Å². The molecule has 0 aliphatic carbocycles. The molecule has 200 valence electrons. The van der Waals surface area contributed by atoms with Crippen LogP contribution in [0.5, 0.6) is 11.5 Å². The molecule has 0 saturated heterocycles. The fraction of sp³-hybridized carbons (Fsp3) is 0.429. The van der Waals surface area contributed by atoms with Crippen LogP contribution < -0.4 is 9.47 Å². The van der Waals surface area contributed by atoms with Gasteiger partial charge in [-0.1, -0.05) is 38.1 Å². The van der Waals surface area contributed by atoms with Gasteiger partial charge in [-0.25, -0.2) is 9.79 Å². The molecule has 0 fully saturated rings. The second-order valence-corrected chi connectivity index (χ2v) is 9.91. The van der Waals surface area contributed by atoms with Crippen molar-refractivity contribution in [2.75, 3.05) is 6.54 Å². The predicted molar refractivity (Wildman–Crippen MR) is 136 cm³/mol. The molecule has 0 radical (unpaired) electrons. The van der Waals surface area contributed by atoms with Gasteiger partial charge in [-0.2, -0.15) is 0 Å². The Hall–Kier alpha value is -3.49. The van der Waals surface area contributed by atoms with Crippen molar-refractivity contribution < 1.29 is 32.5 Å². The van der Waals surface area contributed by atoms with Crippen LogP contribution in [0.2, 0.25) is 0 Å². The van der Waals surface area contributed by atoms with Gasteiger partial charge >= 0.3 is 12.3 Å². The van der Waals surface area contributed by atoms with E-state index in [1.165, 1.54) is 26.0 Å². The predicted octanol–water partition coefficient (Wildman–Crippen LogP) is 6.46. The Balaban J connectivity index is 1.75. The maximum atomic E-state index is 12.5. The fourth-order valence-corrected chi connectivity index (χ4v) is 3.84. The molecule has 2 aromatic carbocycles. The average molecular weight is 519 g/mol. The number of aliphatic carboxylic acids is 1. The second kappa shape index (κ2) is 11.7. The Labute approximate surface area is 215 Å². The molecular weight excluding hydrogens is 485 g/mol. The first-order valence-electron chi connectivity index (χ1n) is 12.2. The fourth-order valence-electron chi connectivity index (χ4n) is 3.84. The standard InChI is InChI=1S/C28H33F3N2O4/c1-19(2)22-10-13-25(32-17-22)33(18-21-8-11-23(12-9-21)37-28(29,30)31)15-14-20-6-5-7-24(16-20)36-27(3,4)26(34)35/h5-9,11-13,16-17,19,22H,10,14-15,18H2,1-4H3,(H,34,35). The normalized spacial score (nSPS) is 15.9. The van der Waals surface area contributed by atoms with Crippen LogP contribution in [0.15, 0.2) is 65.4 Å². The van der Waals surface area contributed by atoms with Crippen molar-refractivity contribution in [3.05, 3.63) is 71.6 Å². The Morgan fingerprint density at radius 1 is 1.08 bits per heavy atom. The summed E-state index contributed by atoms with van der Waals surface area (Å²) in [6.07, 6.45) is 0.815. The van der Waals surface area contributed by atoms with Crippen LogP contribution in [0.3, 0.4) is 0 Å². The van der Waals surface area contributed by atoms with E-state index in [2.05, 4.69) is 29.6 Å². The average Bonchev–Trinajstić information content (AvgIpc) is 2.82. The number of carboxylic acid groups (broad SMARTS) is 1. The van der Waals surface area contributed by atoms with Crippen LogP contribution in [-0.4, -0.2) is 40.7 Å². The number of benzene rings is 2. The molecule has 0 saturated carbocycles. The molecule has 1 aliphatic heterocycles. The topological polar surface area (TPSA) is 71.4 Å². The molecule has 37 heavy (non-hydrogen) atoms. The Bertz CT molecular complexity index is 1120. The highest BCUT2D eigenvalue weighted by Crippen LogP contribution is 2.26. The van der Waals surface area contributed by atoms with E-state index in [1.54, 1.807) is 18.2 Å². The molecule has 0 aromatic heterocycles. The van der Waals surface area contributed by atoms with Crippen LogP contribution in [0.25, 0.3) is 0 Å². The lowest BCUT2D eigenvalue weighted by atomic mass is 9.92. The lowest BCUT2D eigenvalue weighted by Gasteiger charge is -2.29. The van der Waals surface area contributed by atoms with Gasteiger partial charge in [0.1, 0.15) is 17.3 Å². The molecular formula is C28H33F3N2O4. The van der Waals surface area contributed by atoms with E-state index in [0.29, 0.717) is 37.1 Å². The highest BCUT2D eigenvalue weighted by atomic mass is 19.4. The zero-order valence-electron chi connectivity index (χ0n) is 21.5. The van der Waals surface area contributed by atoms with Crippen molar-refractivity contribution in [3.63, 3.8) is 0 Å². The number of ether oxygens (including phenoxy) is 2. The van der Waals surface area contributed by atoms with Crippen LogP contribution in [0, 0.1) is 11.8 Å². The van der Waals surface area contributed by atoms with Crippen molar-refractivity contribution in [1.29, 1.82) is 0 Å². The summed E-state index contributed by atoms with van der Waals surface area (Å²) in [5, 5.41) is 9.34. The number of carbonyl (C=O) groups is 1. The van der Waals surface area contributed by atoms with E-state index in [9.17, 15) is 23.1 Å². The zero-order valence-corrected chi connectivity index (χ0v) is 21.5. The Kier molecular flexibility index (Phi) is 8.89. The van der Waals surface area contributed by atoms with E-state index >= 15 is 0 Å². The van der Waals surface area contributed by atoms with E-state index in [4.69, 9.17) is 9.73 Å². The third-order valence-electron chi connectivity index (χ3n) is 6.14. The summed E-state index contributed by atoms with van der Waals surface area (Å²) in [7, 11) is 0. The van der Waals surface area contributed by atoms with Gasteiger partial charge in [-0.05, 0) is 74.1 Å². The number of nitrogens with zero attached hydrogens (tertiary/aromatic N) is 2. The summed E-state index contributed by atoms with van der Waals surface area (Å²) >= 11 is 0. The molecule has 1 N–H and O–H groups in total. The van der Waals surface area contributed by atoms with Crippen molar-refractivity contribution in [1.82, 2.24) is 4.90 Å². The SMILES string of the molecule is CC(C)C1C=NC(N(CCc2cccc(OC(C)(C)C(=O)O)c2)Cc2ccc(OC(F)(F)F)cc2)=CC1. The van der Waals surface area contributed by atoms with Gasteiger partial charge in [-0.15, -0.1) is 13.2 Å². The zero-order chi connectivity index (χ0) is 27.2. The molecule has 0 amide bonds. The Morgan fingerprint density at radius 2 is 1.78 bits per heavy atom. The largest absolute Gasteiger partial charge is 0.573 e. The van der Waals surface area contributed by atoms with Gasteiger partial charge in [0.15, 0.2) is 5.60 Å². The molecule has 6 nitrogen and oxygen atoms in total. The molecule has 1 unspecified atom stereocenters. The highest BCUT2D eigenvalue weighted by molar-refractivity contribution is 5.76. The van der Waals surface area contributed by atoms with Gasteiger partial charge in [0.05, 0.1) is 0 Å². The van der Waals surface area contributed by atoms with Crippen molar-refractivity contribution in [3.8, 4) is 11.5 Å². The lowest BCUT2D eigenvalue weighted by Crippen LogP contribution is -2.37. The van der Waals surface area contributed by atoms with E-state index in [1.807, 2.05) is 24.4 Å². The molecule has 0 spiro atoms. The molecule has 1 atom stereocenters. The summed E-state index contributed by atoms with van der Waals surface area (Å²) in [5.41, 5.74) is 0.413. The van der Waals surface area contributed by atoms with Crippen molar-refractivity contribution in [2.24, 2.45) is 16.8 Å². The summed E-state index contributed by atoms with van der Waals surface area (Å²) in [4.78, 5) is 18.2. The summed E-state index contributed by atoms with van der Waals surface area (Å²) < 4.78 is 47.2. The second-order valence-electron chi connectivity index (χ2n) is 9.91. The number of alkyl halides is 3. The lowest BCUT2D eigenvalue weighted by molar-refractivity contribution is -0.274. The molecule has 1 heterocycles. The third kappa shape index (κ3) is 8.55. The van der Waals surface area contributed by atoms with Gasteiger partial charge in [-0.3, -0.25) is 0 Å². The van der Waals surface area contributed by atoms with Crippen LogP contribution in [0.4, 0.5) is 13.2 Å². The maximum absolute atomic E-state index is 12.5. The maximum Gasteiger partial charge on any atom is 0.573 e. The van der Waals surface area contributed by atoms with Gasteiger partial charge < -0.3 is 19.5 Å². The van der Waals surface area contributed by atoms with Gasteiger partial charge in [0.2, 0.25) is 0 Å². The monoisotopic (exact) mass is 518 g/mol. The quantitative estimate of drug-likeness (QED) is 0.370. The minimum Gasteiger partial charge on any atom is -0.478 e. The number of halogens is 3. The molecule has 2 aromatic rings. The summed E-state index contributed by atoms with van der Waals surface area (Å²) in [6.45, 7) is 8.32. The first-order valence-corrected chi connectivity index (χ1v) is 12.2. The van der Waals surface area contributed by atoms with Crippen LogP contribution in [-0.2, 0) is 17.8 Å². The molecule has 9 heteroatoms. The first-order chi connectivity index (χ1) is 17.3. The number of hydrogen-bond donors (Lipinski definition) is 1. The minimum absolute atomic E-state index is 0.265. The Morgan fingerprint density at radius 3 is 2.35 bits per heavy atom. The van der Waals surface area contributed by atoms with E-state index in [-0.39, 0.29) is 5.75 Å². The molecule has 3 rings (SSSR count). The number of rotatable bonds is 11. The number of aliphatic imine (C=N–C) groups is 1. The number of hydrogen-bond acceptors (Lipinski definition) is 5. The molecule has 1 aliphatic rings. The van der Waals surface area contributed by atoms with E-state index in [0.717, 1.165) is 23.4 Å². The summed E-state index contributed by atoms with van der Waals surface area (Å²) in [6, 6.07) is 13.1. The smallest absolute Gasteiger partial charge is 0.478 e. The first kappa shape index (κ1) is 28.1. The summed E-state index contributed by atoms with van der Waals surface area (Å²) in [5.74, 6) is 0.777. The number of allylic oxidation sites excluding steroid dienone is 1. The van der Waals surface area contributed by atoms with Gasteiger partial charge in [0, 0.05) is 25.2 Å². The van der Waals surface area contributed by atoms with Crippen molar-refractivity contribution in [2.45, 2.75) is 59.0 Å². The number of carboxylic acids is 1. The highest BCUT2D eigenvalue weighted by Gasteiger charge is 2.31. The molecule has 0 bridgehead atoms. The minimum atomic E-state index is -4.74. The van der Waals surface area contributed by atoms with Crippen LogP contribution in [0.1, 0.15) is 45.2 Å². The third-order valence-corrected chi connectivity index (χ3v) is 6.14. The van der Waals surface area contributed by atoms with Crippen molar-refractivity contribution >= 4 is 12.2 Å².